The molecule has 1 N–H and O–H groups in total. The van der Waals surface area contributed by atoms with Crippen molar-refractivity contribution >= 4 is 29.2 Å². The second-order valence-electron chi connectivity index (χ2n) is 7.22. The average molecular weight is 418 g/mol. The Morgan fingerprint density at radius 2 is 1.87 bits per heavy atom. The summed E-state index contributed by atoms with van der Waals surface area (Å²) in [7, 11) is 0. The molecular weight excluding hydrogens is 396 g/mol. The minimum Gasteiger partial charge on any atom is -0.452 e. The van der Waals surface area contributed by atoms with Gasteiger partial charge in [-0.05, 0) is 55.8 Å². The van der Waals surface area contributed by atoms with Crippen LogP contribution < -0.4 is 10.2 Å². The summed E-state index contributed by atoms with van der Waals surface area (Å²) in [5, 5.41) is 6.95. The van der Waals surface area contributed by atoms with Gasteiger partial charge in [0.1, 0.15) is 0 Å². The third-order valence-corrected chi connectivity index (χ3v) is 5.06. The number of carbonyl (C=O) groups excluding carboxylic acids is 3. The number of nitrogens with zero attached hydrogens (tertiary/aromatic N) is 3. The maximum atomic E-state index is 12.3. The van der Waals surface area contributed by atoms with E-state index in [0.29, 0.717) is 29.9 Å². The highest BCUT2D eigenvalue weighted by molar-refractivity contribution is 6.02. The molecule has 0 radical (unpaired) electrons. The molecule has 1 aliphatic heterocycles. The van der Waals surface area contributed by atoms with Gasteiger partial charge in [-0.2, -0.15) is 5.10 Å². The third-order valence-electron chi connectivity index (χ3n) is 5.06. The monoisotopic (exact) mass is 418 g/mol. The molecule has 0 bridgehead atoms. The number of hydrogen-bond acceptors (Lipinski definition) is 5. The molecule has 158 valence electrons. The Morgan fingerprint density at radius 1 is 1.10 bits per heavy atom. The van der Waals surface area contributed by atoms with E-state index in [2.05, 4.69) is 10.4 Å². The molecule has 1 saturated heterocycles. The van der Waals surface area contributed by atoms with Crippen LogP contribution in [-0.4, -0.2) is 40.7 Å². The first-order valence-electron chi connectivity index (χ1n) is 10.0. The molecule has 8 heteroatoms. The zero-order valence-electron chi connectivity index (χ0n) is 17.1. The van der Waals surface area contributed by atoms with Crippen molar-refractivity contribution in [3.05, 3.63) is 72.1 Å². The van der Waals surface area contributed by atoms with E-state index < -0.39 is 18.5 Å². The van der Waals surface area contributed by atoms with Crippen molar-refractivity contribution in [2.75, 3.05) is 23.4 Å². The molecule has 2 aromatic carbocycles. The summed E-state index contributed by atoms with van der Waals surface area (Å²) in [4.78, 5) is 38.3. The lowest BCUT2D eigenvalue weighted by Crippen LogP contribution is -2.27. The Bertz CT molecular complexity index is 1120. The number of carbonyl (C=O) groups is 3. The van der Waals surface area contributed by atoms with Crippen LogP contribution in [0.25, 0.3) is 5.69 Å². The van der Waals surface area contributed by atoms with Crippen LogP contribution in [0.4, 0.5) is 11.4 Å². The first-order chi connectivity index (χ1) is 15.0. The highest BCUT2D eigenvalue weighted by Crippen LogP contribution is 2.29. The van der Waals surface area contributed by atoms with Crippen molar-refractivity contribution in [2.45, 2.75) is 19.8 Å². The zero-order chi connectivity index (χ0) is 21.8. The Hall–Kier alpha value is -3.94. The largest absolute Gasteiger partial charge is 0.452 e. The summed E-state index contributed by atoms with van der Waals surface area (Å²) in [6.45, 7) is 2.13. The number of ether oxygens (including phenoxy) is 1. The van der Waals surface area contributed by atoms with Crippen LogP contribution in [0.1, 0.15) is 28.9 Å². The fourth-order valence-corrected chi connectivity index (χ4v) is 3.50. The highest BCUT2D eigenvalue weighted by atomic mass is 16.5. The number of amides is 2. The third kappa shape index (κ3) is 4.48. The van der Waals surface area contributed by atoms with Gasteiger partial charge < -0.3 is 15.0 Å². The van der Waals surface area contributed by atoms with Gasteiger partial charge in [0, 0.05) is 24.9 Å². The van der Waals surface area contributed by atoms with E-state index in [4.69, 9.17) is 4.74 Å². The number of para-hydroxylation sites is 2. The molecular formula is C23H22N4O4. The van der Waals surface area contributed by atoms with Crippen LogP contribution >= 0.6 is 0 Å². The molecule has 3 aromatic rings. The summed E-state index contributed by atoms with van der Waals surface area (Å²) >= 11 is 0. The molecule has 0 spiro atoms. The Kier molecular flexibility index (Phi) is 5.79. The lowest BCUT2D eigenvalue weighted by Gasteiger charge is -2.19. The molecule has 4 rings (SSSR count). The maximum absolute atomic E-state index is 12.3. The molecule has 1 aliphatic rings. The molecule has 2 amide bonds. The lowest BCUT2D eigenvalue weighted by molar-refractivity contribution is -0.119. The second-order valence-corrected chi connectivity index (χ2v) is 7.22. The van der Waals surface area contributed by atoms with Gasteiger partial charge in [0.2, 0.25) is 5.91 Å². The van der Waals surface area contributed by atoms with Crippen LogP contribution in [0.2, 0.25) is 0 Å². The van der Waals surface area contributed by atoms with E-state index in [1.807, 2.05) is 19.1 Å². The average Bonchev–Trinajstić information content (AvgIpc) is 3.40. The first-order valence-corrected chi connectivity index (χ1v) is 10.0. The fourth-order valence-electron chi connectivity index (χ4n) is 3.50. The van der Waals surface area contributed by atoms with Crippen molar-refractivity contribution in [2.24, 2.45) is 0 Å². The number of benzene rings is 2. The zero-order valence-corrected chi connectivity index (χ0v) is 17.1. The molecule has 1 fully saturated rings. The van der Waals surface area contributed by atoms with Crippen LogP contribution in [0.3, 0.4) is 0 Å². The van der Waals surface area contributed by atoms with Crippen molar-refractivity contribution < 1.29 is 19.1 Å². The van der Waals surface area contributed by atoms with E-state index in [9.17, 15) is 14.4 Å². The first kappa shape index (κ1) is 20.3. The number of aryl methyl sites for hydroxylation is 1. The molecule has 8 nitrogen and oxygen atoms in total. The molecule has 0 aliphatic carbocycles. The molecule has 1 aromatic heterocycles. The summed E-state index contributed by atoms with van der Waals surface area (Å²) < 4.78 is 6.90. The van der Waals surface area contributed by atoms with Crippen molar-refractivity contribution in [1.82, 2.24) is 9.78 Å². The van der Waals surface area contributed by atoms with Crippen LogP contribution in [0, 0.1) is 6.92 Å². The van der Waals surface area contributed by atoms with Gasteiger partial charge in [-0.1, -0.05) is 12.1 Å². The van der Waals surface area contributed by atoms with Gasteiger partial charge in [-0.15, -0.1) is 0 Å². The highest BCUT2D eigenvalue weighted by Gasteiger charge is 2.24. The van der Waals surface area contributed by atoms with Crippen LogP contribution in [0.15, 0.2) is 60.8 Å². The Balaban J connectivity index is 1.36. The summed E-state index contributed by atoms with van der Waals surface area (Å²) in [5.74, 6) is -1.04. The van der Waals surface area contributed by atoms with E-state index in [0.717, 1.165) is 17.8 Å². The van der Waals surface area contributed by atoms with E-state index >= 15 is 0 Å². The predicted molar refractivity (Wildman–Crippen MR) is 115 cm³/mol. The minimum absolute atomic E-state index is 0.0295. The van der Waals surface area contributed by atoms with Gasteiger partial charge in [0.25, 0.3) is 5.91 Å². The molecule has 2 heterocycles. The lowest BCUT2D eigenvalue weighted by atomic mass is 10.2. The predicted octanol–water partition coefficient (Wildman–Crippen LogP) is 3.10. The van der Waals surface area contributed by atoms with Crippen molar-refractivity contribution in [3.63, 3.8) is 0 Å². The van der Waals surface area contributed by atoms with Gasteiger partial charge in [0.15, 0.2) is 6.61 Å². The summed E-state index contributed by atoms with van der Waals surface area (Å²) in [5.41, 5.74) is 3.30. The smallest absolute Gasteiger partial charge is 0.338 e. The summed E-state index contributed by atoms with van der Waals surface area (Å²) in [6, 6.07) is 15.8. The number of hydrogen-bond donors (Lipinski definition) is 1. The van der Waals surface area contributed by atoms with Gasteiger partial charge in [-0.3, -0.25) is 9.59 Å². The summed E-state index contributed by atoms with van der Waals surface area (Å²) in [6.07, 6.45) is 2.99. The minimum atomic E-state index is -0.595. The molecule has 31 heavy (non-hydrogen) atoms. The maximum Gasteiger partial charge on any atom is 0.338 e. The molecule has 0 atom stereocenters. The van der Waals surface area contributed by atoms with Crippen molar-refractivity contribution in [1.29, 1.82) is 0 Å². The SMILES string of the molecule is Cc1ccnn1-c1ccc(C(=O)OCC(=O)Nc2ccccc2N2CCCC2=O)cc1. The van der Waals surface area contributed by atoms with Crippen LogP contribution in [0.5, 0.6) is 0 Å². The Morgan fingerprint density at radius 3 is 2.55 bits per heavy atom. The van der Waals surface area contributed by atoms with Gasteiger partial charge in [-0.25, -0.2) is 9.48 Å². The Labute approximate surface area is 179 Å². The number of esters is 1. The quantitative estimate of drug-likeness (QED) is 0.621. The standard InChI is InChI=1S/C23H22N4O4/c1-16-12-13-24-27(16)18-10-8-17(9-11-18)23(30)31-15-21(28)25-19-5-2-3-6-20(19)26-14-4-7-22(26)29/h2-3,5-6,8-13H,4,7,14-15H2,1H3,(H,25,28). The topological polar surface area (TPSA) is 93.5 Å². The van der Waals surface area contributed by atoms with Gasteiger partial charge >= 0.3 is 5.97 Å². The normalized spacial score (nSPS) is 13.3. The second kappa shape index (κ2) is 8.83. The van der Waals surface area contributed by atoms with Gasteiger partial charge in [0.05, 0.1) is 22.6 Å². The number of aromatic nitrogens is 2. The van der Waals surface area contributed by atoms with E-state index in [1.54, 1.807) is 58.2 Å². The number of rotatable bonds is 6. The molecule has 0 unspecified atom stereocenters. The van der Waals surface area contributed by atoms with E-state index in [-0.39, 0.29) is 5.91 Å². The van der Waals surface area contributed by atoms with E-state index in [1.165, 1.54) is 0 Å². The fraction of sp³-hybridized carbons (Fsp3) is 0.217. The van der Waals surface area contributed by atoms with Crippen LogP contribution in [-0.2, 0) is 14.3 Å². The molecule has 0 saturated carbocycles. The number of nitrogens with one attached hydrogen (secondary N) is 1. The number of anilines is 2. The van der Waals surface area contributed by atoms with Crippen molar-refractivity contribution in [3.8, 4) is 5.69 Å².